The van der Waals surface area contributed by atoms with Crippen LogP contribution in [-0.4, -0.2) is 30.6 Å². The van der Waals surface area contributed by atoms with Crippen molar-refractivity contribution in [1.29, 1.82) is 0 Å². The Morgan fingerprint density at radius 1 is 1.19 bits per heavy atom. The number of likely N-dealkylation sites (tertiary alicyclic amines) is 1. The standard InChI is InChI=1S/C19H30N2/c1-3-20-15(2)17-9-11-21(12-10-17)14-16-7-8-18-5-4-6-19(18)13-16/h7-8,13,15,17,20H,3-6,9-12,14H2,1-2H3. The molecule has 1 N–H and O–H groups in total. The number of piperidine rings is 1. The van der Waals surface area contributed by atoms with Crippen LogP contribution in [-0.2, 0) is 19.4 Å². The van der Waals surface area contributed by atoms with Crippen LogP contribution in [0.3, 0.4) is 0 Å². The van der Waals surface area contributed by atoms with Gasteiger partial charge in [0, 0.05) is 12.6 Å². The number of fused-ring (bicyclic) bond motifs is 1. The molecule has 1 aromatic carbocycles. The number of aryl methyl sites for hydroxylation is 2. The molecule has 21 heavy (non-hydrogen) atoms. The summed E-state index contributed by atoms with van der Waals surface area (Å²) in [5, 5.41) is 3.59. The predicted molar refractivity (Wildman–Crippen MR) is 89.6 cm³/mol. The molecule has 0 radical (unpaired) electrons. The van der Waals surface area contributed by atoms with E-state index in [0.29, 0.717) is 6.04 Å². The average molecular weight is 286 g/mol. The Morgan fingerprint density at radius 2 is 1.95 bits per heavy atom. The number of nitrogens with one attached hydrogen (secondary N) is 1. The molecule has 1 unspecified atom stereocenters. The van der Waals surface area contributed by atoms with Crippen LogP contribution >= 0.6 is 0 Å². The van der Waals surface area contributed by atoms with Gasteiger partial charge in [-0.2, -0.15) is 0 Å². The summed E-state index contributed by atoms with van der Waals surface area (Å²) in [6.45, 7) is 9.32. The molecular weight excluding hydrogens is 256 g/mol. The fraction of sp³-hybridized carbons (Fsp3) is 0.684. The fourth-order valence-electron chi connectivity index (χ4n) is 4.08. The van der Waals surface area contributed by atoms with Crippen LogP contribution in [0.25, 0.3) is 0 Å². The topological polar surface area (TPSA) is 15.3 Å². The third kappa shape index (κ3) is 3.67. The largest absolute Gasteiger partial charge is 0.314 e. The summed E-state index contributed by atoms with van der Waals surface area (Å²) in [6, 6.07) is 7.88. The SMILES string of the molecule is CCNC(C)C1CCN(Cc2ccc3c(c2)CCC3)CC1. The maximum Gasteiger partial charge on any atom is 0.0233 e. The van der Waals surface area contributed by atoms with Gasteiger partial charge in [-0.15, -0.1) is 0 Å². The van der Waals surface area contributed by atoms with Crippen LogP contribution in [0.1, 0.15) is 49.8 Å². The van der Waals surface area contributed by atoms with Crippen LogP contribution in [0.5, 0.6) is 0 Å². The van der Waals surface area contributed by atoms with Crippen LogP contribution in [0, 0.1) is 5.92 Å². The van der Waals surface area contributed by atoms with Gasteiger partial charge in [0.1, 0.15) is 0 Å². The van der Waals surface area contributed by atoms with E-state index in [1.165, 1.54) is 50.8 Å². The molecule has 0 spiro atoms. The lowest BCUT2D eigenvalue weighted by atomic mass is 9.90. The molecule has 0 bridgehead atoms. The fourth-order valence-corrected chi connectivity index (χ4v) is 4.08. The van der Waals surface area contributed by atoms with E-state index in [1.54, 1.807) is 11.1 Å². The molecule has 0 aromatic heterocycles. The third-order valence-corrected chi connectivity index (χ3v) is 5.43. The van der Waals surface area contributed by atoms with Crippen molar-refractivity contribution in [3.05, 3.63) is 34.9 Å². The zero-order valence-electron chi connectivity index (χ0n) is 13.7. The van der Waals surface area contributed by atoms with E-state index in [9.17, 15) is 0 Å². The van der Waals surface area contributed by atoms with Gasteiger partial charge >= 0.3 is 0 Å². The number of hydrogen-bond acceptors (Lipinski definition) is 2. The molecule has 3 rings (SSSR count). The molecule has 1 aromatic rings. The highest BCUT2D eigenvalue weighted by atomic mass is 15.1. The lowest BCUT2D eigenvalue weighted by Gasteiger charge is -2.35. The highest BCUT2D eigenvalue weighted by molar-refractivity contribution is 5.35. The van der Waals surface area contributed by atoms with Gasteiger partial charge in [0.15, 0.2) is 0 Å². The first kappa shape index (κ1) is 15.1. The predicted octanol–water partition coefficient (Wildman–Crippen LogP) is 3.39. The lowest BCUT2D eigenvalue weighted by molar-refractivity contribution is 0.157. The summed E-state index contributed by atoms with van der Waals surface area (Å²) in [7, 11) is 0. The Kier molecular flexibility index (Phi) is 4.97. The monoisotopic (exact) mass is 286 g/mol. The minimum Gasteiger partial charge on any atom is -0.314 e. The van der Waals surface area contributed by atoms with Crippen molar-refractivity contribution in [3.8, 4) is 0 Å². The van der Waals surface area contributed by atoms with Crippen molar-refractivity contribution >= 4 is 0 Å². The second-order valence-corrected chi connectivity index (χ2v) is 6.92. The first-order valence-electron chi connectivity index (χ1n) is 8.82. The van der Waals surface area contributed by atoms with Gasteiger partial charge in [-0.25, -0.2) is 0 Å². The Labute approximate surface area is 129 Å². The Balaban J connectivity index is 1.51. The van der Waals surface area contributed by atoms with Gasteiger partial charge in [-0.3, -0.25) is 4.90 Å². The third-order valence-electron chi connectivity index (χ3n) is 5.43. The molecule has 2 aliphatic rings. The van der Waals surface area contributed by atoms with Gasteiger partial charge in [0.25, 0.3) is 0 Å². The smallest absolute Gasteiger partial charge is 0.0233 e. The molecule has 1 saturated heterocycles. The molecular formula is C19H30N2. The first-order valence-corrected chi connectivity index (χ1v) is 8.82. The molecule has 2 nitrogen and oxygen atoms in total. The van der Waals surface area contributed by atoms with Gasteiger partial charge in [-0.1, -0.05) is 25.1 Å². The highest BCUT2D eigenvalue weighted by Crippen LogP contribution is 2.25. The maximum absolute atomic E-state index is 3.59. The first-order chi connectivity index (χ1) is 10.3. The van der Waals surface area contributed by atoms with E-state index >= 15 is 0 Å². The highest BCUT2D eigenvalue weighted by Gasteiger charge is 2.23. The van der Waals surface area contributed by atoms with Gasteiger partial charge in [0.05, 0.1) is 0 Å². The molecule has 1 fully saturated rings. The summed E-state index contributed by atoms with van der Waals surface area (Å²) in [6.07, 6.45) is 6.64. The Morgan fingerprint density at radius 3 is 2.71 bits per heavy atom. The Bertz CT molecular complexity index is 461. The van der Waals surface area contributed by atoms with Crippen LogP contribution < -0.4 is 5.32 Å². The Hall–Kier alpha value is -0.860. The zero-order valence-corrected chi connectivity index (χ0v) is 13.7. The molecule has 0 saturated carbocycles. The van der Waals surface area contributed by atoms with Crippen molar-refractivity contribution in [3.63, 3.8) is 0 Å². The second-order valence-electron chi connectivity index (χ2n) is 6.92. The molecule has 2 heteroatoms. The van der Waals surface area contributed by atoms with Gasteiger partial charge in [-0.05, 0) is 81.3 Å². The average Bonchev–Trinajstić information content (AvgIpc) is 2.96. The lowest BCUT2D eigenvalue weighted by Crippen LogP contribution is -2.41. The second kappa shape index (κ2) is 6.93. The molecule has 1 heterocycles. The van der Waals surface area contributed by atoms with Crippen molar-refractivity contribution in [1.82, 2.24) is 10.2 Å². The van der Waals surface area contributed by atoms with Crippen molar-refractivity contribution in [2.45, 2.75) is 58.5 Å². The summed E-state index contributed by atoms with van der Waals surface area (Å²) >= 11 is 0. The molecule has 1 aliphatic carbocycles. The maximum atomic E-state index is 3.59. The molecule has 1 atom stereocenters. The number of rotatable bonds is 5. The number of benzene rings is 1. The molecule has 1 aliphatic heterocycles. The van der Waals surface area contributed by atoms with E-state index < -0.39 is 0 Å². The minimum atomic E-state index is 0.678. The summed E-state index contributed by atoms with van der Waals surface area (Å²) in [4.78, 5) is 2.64. The van der Waals surface area contributed by atoms with Crippen LogP contribution in [0.15, 0.2) is 18.2 Å². The zero-order chi connectivity index (χ0) is 14.7. The van der Waals surface area contributed by atoms with Crippen molar-refractivity contribution in [2.24, 2.45) is 5.92 Å². The quantitative estimate of drug-likeness (QED) is 0.892. The van der Waals surface area contributed by atoms with Crippen molar-refractivity contribution < 1.29 is 0 Å². The van der Waals surface area contributed by atoms with Crippen LogP contribution in [0.2, 0.25) is 0 Å². The van der Waals surface area contributed by atoms with Gasteiger partial charge in [0.2, 0.25) is 0 Å². The van der Waals surface area contributed by atoms with Gasteiger partial charge < -0.3 is 5.32 Å². The van der Waals surface area contributed by atoms with Crippen LogP contribution in [0.4, 0.5) is 0 Å². The normalized spacial score (nSPS) is 21.4. The minimum absolute atomic E-state index is 0.678. The summed E-state index contributed by atoms with van der Waals surface area (Å²) in [5.41, 5.74) is 4.73. The summed E-state index contributed by atoms with van der Waals surface area (Å²) in [5.74, 6) is 0.862. The molecule has 0 amide bonds. The van der Waals surface area contributed by atoms with Crippen molar-refractivity contribution in [2.75, 3.05) is 19.6 Å². The van der Waals surface area contributed by atoms with E-state index in [2.05, 4.69) is 42.3 Å². The van der Waals surface area contributed by atoms with E-state index in [1.807, 2.05) is 0 Å². The van der Waals surface area contributed by atoms with E-state index in [4.69, 9.17) is 0 Å². The molecule has 116 valence electrons. The summed E-state index contributed by atoms with van der Waals surface area (Å²) < 4.78 is 0. The number of hydrogen-bond donors (Lipinski definition) is 1. The number of nitrogens with zero attached hydrogens (tertiary/aromatic N) is 1. The van der Waals surface area contributed by atoms with E-state index in [-0.39, 0.29) is 0 Å². The van der Waals surface area contributed by atoms with E-state index in [0.717, 1.165) is 19.0 Å².